The summed E-state index contributed by atoms with van der Waals surface area (Å²) >= 11 is 0.0975. The fourth-order valence-corrected chi connectivity index (χ4v) is 3.00. The van der Waals surface area contributed by atoms with Gasteiger partial charge in [0.15, 0.2) is 0 Å². The van der Waals surface area contributed by atoms with E-state index in [1.54, 1.807) is 0 Å². The van der Waals surface area contributed by atoms with Crippen LogP contribution in [0.15, 0.2) is 24.3 Å². The summed E-state index contributed by atoms with van der Waals surface area (Å²) in [6.07, 6.45) is 2.23. The molecule has 0 spiro atoms. The van der Waals surface area contributed by atoms with Crippen LogP contribution in [0.25, 0.3) is 0 Å². The molecule has 1 aliphatic rings. The minimum atomic E-state index is 0.0975. The van der Waals surface area contributed by atoms with Crippen molar-refractivity contribution >= 4 is 60.2 Å². The molecule has 3 heteroatoms. The SMILES string of the molecule is O=[C]([Rb])N1CCCc2ccccc21. The molecule has 0 fully saturated rings. The molecule has 1 aliphatic heterocycles. The van der Waals surface area contributed by atoms with Gasteiger partial charge in [-0.1, -0.05) is 0 Å². The van der Waals surface area contributed by atoms with E-state index in [1.807, 2.05) is 17.0 Å². The van der Waals surface area contributed by atoms with Crippen molar-refractivity contribution in [1.82, 2.24) is 0 Å². The molecule has 0 aromatic heterocycles. The van der Waals surface area contributed by atoms with Gasteiger partial charge in [0.2, 0.25) is 0 Å². The summed E-state index contributed by atoms with van der Waals surface area (Å²) in [6, 6.07) is 8.24. The predicted octanol–water partition coefficient (Wildman–Crippen LogP) is 1.73. The van der Waals surface area contributed by atoms with Crippen LogP contribution in [0.5, 0.6) is 0 Å². The van der Waals surface area contributed by atoms with E-state index in [2.05, 4.69) is 12.1 Å². The number of aryl methyl sites for hydroxylation is 1. The third-order valence-corrected chi connectivity index (χ3v) is 3.82. The van der Waals surface area contributed by atoms with E-state index < -0.39 is 0 Å². The van der Waals surface area contributed by atoms with Crippen LogP contribution < -0.4 is 4.90 Å². The number of amides is 1. The molecule has 0 aliphatic carbocycles. The first-order valence-corrected chi connectivity index (χ1v) is 7.11. The van der Waals surface area contributed by atoms with Gasteiger partial charge in [-0.15, -0.1) is 0 Å². The average Bonchev–Trinajstić information content (AvgIpc) is 2.17. The Bertz CT molecular complexity index is 337. The van der Waals surface area contributed by atoms with E-state index in [0.29, 0.717) is -1.02 Å². The topological polar surface area (TPSA) is 20.3 Å². The summed E-state index contributed by atoms with van der Waals surface area (Å²) in [4.78, 5) is 13.3. The molecule has 0 bridgehead atoms. The van der Waals surface area contributed by atoms with Gasteiger partial charge in [-0.3, -0.25) is 0 Å². The Balaban J connectivity index is 2.42. The Morgan fingerprint density at radius 2 is 2.15 bits per heavy atom. The van der Waals surface area contributed by atoms with Crippen molar-refractivity contribution in [1.29, 1.82) is 0 Å². The zero-order chi connectivity index (χ0) is 9.26. The number of nitrogens with zero attached hydrogens (tertiary/aromatic N) is 1. The van der Waals surface area contributed by atoms with Crippen LogP contribution >= 0.6 is 0 Å². The number of carbonyl (C=O) groups excluding carboxylic acids is 1. The molecule has 0 atom stereocenters. The van der Waals surface area contributed by atoms with E-state index in [1.165, 1.54) is 5.56 Å². The molecule has 1 amide bonds. The van der Waals surface area contributed by atoms with Crippen molar-refractivity contribution < 1.29 is 4.79 Å². The summed E-state index contributed by atoms with van der Waals surface area (Å²) in [5.74, 6) is 0. The quantitative estimate of drug-likeness (QED) is 0.682. The van der Waals surface area contributed by atoms with Crippen LogP contribution in [-0.4, -0.2) is 61.1 Å². The van der Waals surface area contributed by atoms with Crippen LogP contribution in [0.3, 0.4) is 0 Å². The van der Waals surface area contributed by atoms with Gasteiger partial charge >= 0.3 is 119 Å². The molecular formula is C10H10NORb. The fraction of sp³-hybridized carbons (Fsp3) is 0.300. The third-order valence-electron chi connectivity index (χ3n) is 2.49. The molecule has 0 saturated carbocycles. The second kappa shape index (κ2) is 4.34. The number of benzene rings is 1. The van der Waals surface area contributed by atoms with Crippen LogP contribution in [0.4, 0.5) is 10.5 Å². The number of hydrogen-bond donors (Lipinski definition) is 0. The molecular weight excluding hydrogens is 236 g/mol. The number of anilines is 1. The first kappa shape index (κ1) is 10.0. The van der Waals surface area contributed by atoms with E-state index >= 15 is 0 Å². The molecule has 0 N–H and O–H groups in total. The maximum absolute atomic E-state index is 11.4. The second-order valence-electron chi connectivity index (χ2n) is 3.40. The molecule has 0 unspecified atom stereocenters. The van der Waals surface area contributed by atoms with E-state index in [4.69, 9.17) is 0 Å². The Morgan fingerprint density at radius 1 is 1.38 bits per heavy atom. The minimum absolute atomic E-state index is 0.0975. The van der Waals surface area contributed by atoms with Crippen molar-refractivity contribution in [3.05, 3.63) is 29.8 Å². The van der Waals surface area contributed by atoms with E-state index in [9.17, 15) is 4.79 Å². The fourth-order valence-electron chi connectivity index (χ4n) is 1.86. The van der Waals surface area contributed by atoms with Gasteiger partial charge in [0.05, 0.1) is 0 Å². The molecule has 1 aromatic rings. The van der Waals surface area contributed by atoms with Gasteiger partial charge in [0.1, 0.15) is 0 Å². The monoisotopic (exact) mass is 245 g/mol. The summed E-state index contributed by atoms with van der Waals surface area (Å²) in [6.45, 7) is 0.920. The summed E-state index contributed by atoms with van der Waals surface area (Å²) in [5, 5.41) is 0. The Morgan fingerprint density at radius 3 is 2.92 bits per heavy atom. The van der Waals surface area contributed by atoms with Crippen molar-refractivity contribution in [3.63, 3.8) is 0 Å². The van der Waals surface area contributed by atoms with Gasteiger partial charge in [-0.25, -0.2) is 0 Å². The molecule has 62 valence electrons. The van der Waals surface area contributed by atoms with Gasteiger partial charge < -0.3 is 0 Å². The van der Waals surface area contributed by atoms with Crippen LogP contribution in [-0.2, 0) is 6.42 Å². The van der Waals surface area contributed by atoms with Crippen LogP contribution in [0.2, 0.25) is 0 Å². The average molecular weight is 246 g/mol. The number of carbonyl (C=O) groups is 1. The number of hydrogen-bond acceptors (Lipinski definition) is 1. The van der Waals surface area contributed by atoms with Crippen molar-refractivity contribution in [2.45, 2.75) is 12.8 Å². The standard InChI is InChI=1S/C10H10NO.Rb/c12-8-11-7-3-5-9-4-1-2-6-10(9)11;/h1-2,4,6H,3,5,7H2;. The first-order chi connectivity index (χ1) is 6.29. The molecule has 0 saturated heterocycles. The normalized spacial score (nSPS) is 15.4. The number of rotatable bonds is 0. The second-order valence-corrected chi connectivity index (χ2v) is 5.51. The predicted molar refractivity (Wildman–Crippen MR) is 53.3 cm³/mol. The summed E-state index contributed by atoms with van der Waals surface area (Å²) in [7, 11) is 0. The molecule has 2 nitrogen and oxygen atoms in total. The Kier molecular flexibility index (Phi) is 3.35. The van der Waals surface area contributed by atoms with Crippen LogP contribution in [0, 0.1) is 0 Å². The summed E-state index contributed by atoms with van der Waals surface area (Å²) in [5.41, 5.74) is 2.48. The Hall–Kier alpha value is 0.495. The van der Waals surface area contributed by atoms with E-state index in [0.717, 1.165) is 25.1 Å². The van der Waals surface area contributed by atoms with Crippen molar-refractivity contribution in [2.24, 2.45) is 0 Å². The van der Waals surface area contributed by atoms with Gasteiger partial charge in [-0.2, -0.15) is 0 Å². The first-order valence-electron chi connectivity index (χ1n) is 4.65. The number of fused-ring (bicyclic) bond motifs is 1. The molecule has 1 heterocycles. The molecule has 13 heavy (non-hydrogen) atoms. The van der Waals surface area contributed by atoms with Crippen molar-refractivity contribution in [2.75, 3.05) is 11.4 Å². The maximum atomic E-state index is 11.4. The number of para-hydroxylation sites is 1. The van der Waals surface area contributed by atoms with Gasteiger partial charge in [0, 0.05) is 0 Å². The Labute approximate surface area is 117 Å². The molecule has 2 rings (SSSR count). The summed E-state index contributed by atoms with van der Waals surface area (Å²) < 4.78 is 0.356. The van der Waals surface area contributed by atoms with Gasteiger partial charge in [-0.05, 0) is 0 Å². The van der Waals surface area contributed by atoms with E-state index in [-0.39, 0.29) is 55.5 Å². The zero-order valence-corrected chi connectivity index (χ0v) is 12.7. The third kappa shape index (κ3) is 2.12. The molecule has 0 radical (unpaired) electrons. The van der Waals surface area contributed by atoms with Gasteiger partial charge in [0.25, 0.3) is 0 Å². The zero-order valence-electron chi connectivity index (χ0n) is 7.79. The van der Waals surface area contributed by atoms with Crippen LogP contribution in [0.1, 0.15) is 12.0 Å². The molecule has 1 aromatic carbocycles. The van der Waals surface area contributed by atoms with Crippen molar-refractivity contribution in [3.8, 4) is 0 Å².